The number of aromatic nitrogens is 4. The summed E-state index contributed by atoms with van der Waals surface area (Å²) < 4.78 is 9.59. The summed E-state index contributed by atoms with van der Waals surface area (Å²) in [6.07, 6.45) is 0.999. The summed E-state index contributed by atoms with van der Waals surface area (Å²) >= 11 is 0. The predicted molar refractivity (Wildman–Crippen MR) is 227 cm³/mol. The fourth-order valence-corrected chi connectivity index (χ4v) is 8.17. The fourth-order valence-electron chi connectivity index (χ4n) is 8.17. The number of hydrogen-bond donors (Lipinski definition) is 6. The molecule has 2 aromatic heterocycles. The van der Waals surface area contributed by atoms with E-state index in [1.165, 1.54) is 14.2 Å². The SMILES string of the molecule is COC(=O)N[C@@H](C(=O)N1C[C@H](O)C[C@H]1c1nc(-c2ccc(-c3ccc(-c4cnc([C@@H]5C[C@@H](O)CN5C(=O)[C@H](NC(=O)OC)c5ccccc5)[nH]4)cc3)cc2)c[nH]1)c1ccccc1. The standard InChI is InChI=1S/C46H46N8O8/c1-61-45(59)51-39(31-9-5-3-6-10-31)43(57)53-25-33(55)21-37(53)41-47-23-35(49-41)29-17-13-27(14-18-29)28-15-19-30(20-16-28)36-24-48-42(50-36)38-22-34(56)26-54(38)44(58)40(52-46(60)62-2)32-11-7-4-8-12-32/h3-20,23-24,33-34,37-40,55-56H,21-22,25-26H2,1-2H3,(H,47,49)(H,48,50)(H,51,59)(H,52,60)/t33-,34-,37+,38+,39-,40-/m1/s1. The van der Waals surface area contributed by atoms with Crippen LogP contribution in [0.15, 0.2) is 122 Å². The molecule has 8 rings (SSSR count). The maximum Gasteiger partial charge on any atom is 0.407 e. The number of alkyl carbamates (subject to hydrolysis) is 2. The molecule has 6 N–H and O–H groups in total. The molecule has 0 spiro atoms. The van der Waals surface area contributed by atoms with Crippen molar-refractivity contribution in [1.29, 1.82) is 0 Å². The maximum absolute atomic E-state index is 13.9. The average molecular weight is 839 g/mol. The van der Waals surface area contributed by atoms with Crippen molar-refractivity contribution in [3.8, 4) is 33.6 Å². The molecular weight excluding hydrogens is 793 g/mol. The number of hydrogen-bond acceptors (Lipinski definition) is 10. The smallest absolute Gasteiger partial charge is 0.407 e. The Labute approximate surface area is 356 Å². The lowest BCUT2D eigenvalue weighted by molar-refractivity contribution is -0.135. The van der Waals surface area contributed by atoms with Gasteiger partial charge in [0.15, 0.2) is 0 Å². The van der Waals surface area contributed by atoms with Crippen molar-refractivity contribution in [3.63, 3.8) is 0 Å². The van der Waals surface area contributed by atoms with Gasteiger partial charge in [0.1, 0.15) is 23.7 Å². The molecule has 4 heterocycles. The summed E-state index contributed by atoms with van der Waals surface area (Å²) in [6.45, 7) is 0.163. The number of ether oxygens (including phenoxy) is 2. The number of imidazole rings is 2. The highest BCUT2D eigenvalue weighted by Gasteiger charge is 2.42. The van der Waals surface area contributed by atoms with E-state index in [0.717, 1.165) is 27.9 Å². The van der Waals surface area contributed by atoms with Gasteiger partial charge in [0.05, 0.1) is 56.1 Å². The highest BCUT2D eigenvalue weighted by Crippen LogP contribution is 2.37. The minimum atomic E-state index is -1.02. The van der Waals surface area contributed by atoms with Crippen molar-refractivity contribution in [2.45, 2.75) is 49.2 Å². The number of β-amino-alcohol motifs (C(OH)–C–C–N with tert-alkyl or cyclic N) is 2. The van der Waals surface area contributed by atoms with E-state index in [1.807, 2.05) is 60.7 Å². The molecule has 0 unspecified atom stereocenters. The van der Waals surface area contributed by atoms with Crippen LogP contribution in [0.2, 0.25) is 0 Å². The quantitative estimate of drug-likeness (QED) is 0.0951. The van der Waals surface area contributed by atoms with Crippen molar-refractivity contribution in [2.75, 3.05) is 27.3 Å². The van der Waals surface area contributed by atoms with Crippen LogP contribution in [-0.2, 0) is 19.1 Å². The van der Waals surface area contributed by atoms with Crippen LogP contribution in [0.1, 0.15) is 59.8 Å². The van der Waals surface area contributed by atoms with E-state index in [9.17, 15) is 29.4 Å². The van der Waals surface area contributed by atoms with Gasteiger partial charge >= 0.3 is 12.2 Å². The second-order valence-electron chi connectivity index (χ2n) is 15.3. The highest BCUT2D eigenvalue weighted by atomic mass is 16.5. The van der Waals surface area contributed by atoms with Gasteiger partial charge in [0.25, 0.3) is 11.8 Å². The van der Waals surface area contributed by atoms with Gasteiger partial charge in [-0.25, -0.2) is 19.6 Å². The lowest BCUT2D eigenvalue weighted by Crippen LogP contribution is -2.43. The zero-order chi connectivity index (χ0) is 43.3. The van der Waals surface area contributed by atoms with Gasteiger partial charge in [-0.1, -0.05) is 109 Å². The molecule has 2 saturated heterocycles. The van der Waals surface area contributed by atoms with Crippen molar-refractivity contribution in [3.05, 3.63) is 144 Å². The Balaban J connectivity index is 0.944. The Morgan fingerprint density at radius 2 is 1.10 bits per heavy atom. The molecule has 4 aromatic carbocycles. The number of likely N-dealkylation sites (tertiary alicyclic amines) is 2. The third-order valence-electron chi connectivity index (χ3n) is 11.3. The first-order chi connectivity index (χ1) is 30.1. The molecule has 6 atom stereocenters. The zero-order valence-corrected chi connectivity index (χ0v) is 34.0. The maximum atomic E-state index is 13.9. The van der Waals surface area contributed by atoms with Crippen molar-refractivity contribution < 1.29 is 38.9 Å². The summed E-state index contributed by atoms with van der Waals surface area (Å²) in [6, 6.07) is 30.5. The number of carbonyl (C=O) groups excluding carboxylic acids is 4. The van der Waals surface area contributed by atoms with E-state index in [4.69, 9.17) is 14.5 Å². The summed E-state index contributed by atoms with van der Waals surface area (Å²) in [5.74, 6) is 0.262. The van der Waals surface area contributed by atoms with Gasteiger partial charge < -0.3 is 50.1 Å². The molecule has 0 saturated carbocycles. The largest absolute Gasteiger partial charge is 0.453 e. The van der Waals surface area contributed by atoms with Crippen molar-refractivity contribution in [2.24, 2.45) is 0 Å². The van der Waals surface area contributed by atoms with Crippen LogP contribution in [0.3, 0.4) is 0 Å². The number of amides is 4. The number of H-pyrrole nitrogens is 2. The lowest BCUT2D eigenvalue weighted by atomic mass is 10.0. The number of aliphatic hydroxyl groups is 2. The first kappa shape index (κ1) is 41.4. The molecule has 0 radical (unpaired) electrons. The van der Waals surface area contributed by atoms with E-state index < -0.39 is 48.6 Å². The second-order valence-corrected chi connectivity index (χ2v) is 15.3. The second kappa shape index (κ2) is 18.1. The Bertz CT molecular complexity index is 2340. The van der Waals surface area contributed by atoms with E-state index in [-0.39, 0.29) is 37.7 Å². The number of nitrogens with zero attached hydrogens (tertiary/aromatic N) is 4. The third kappa shape index (κ3) is 8.77. The third-order valence-corrected chi connectivity index (χ3v) is 11.3. The molecule has 16 heteroatoms. The van der Waals surface area contributed by atoms with E-state index in [0.29, 0.717) is 28.5 Å². The number of benzene rings is 4. The van der Waals surface area contributed by atoms with Gasteiger partial charge in [0, 0.05) is 37.7 Å². The topological polar surface area (TPSA) is 215 Å². The summed E-state index contributed by atoms with van der Waals surface area (Å²) in [7, 11) is 2.47. The number of rotatable bonds is 11. The molecular formula is C46H46N8O8. The van der Waals surface area contributed by atoms with Gasteiger partial charge in [-0.2, -0.15) is 0 Å². The van der Waals surface area contributed by atoms with Gasteiger partial charge in [0.2, 0.25) is 0 Å². The molecule has 318 valence electrons. The lowest BCUT2D eigenvalue weighted by Gasteiger charge is -2.28. The zero-order valence-electron chi connectivity index (χ0n) is 34.0. The predicted octanol–water partition coefficient (Wildman–Crippen LogP) is 5.60. The Morgan fingerprint density at radius 3 is 1.58 bits per heavy atom. The van der Waals surface area contributed by atoms with Gasteiger partial charge in [-0.15, -0.1) is 0 Å². The number of aliphatic hydroxyl groups excluding tert-OH is 2. The molecule has 2 fully saturated rings. The molecule has 62 heavy (non-hydrogen) atoms. The van der Waals surface area contributed by atoms with Crippen LogP contribution in [0.4, 0.5) is 9.59 Å². The average Bonchev–Trinajstić information content (AvgIpc) is 4.14. The van der Waals surface area contributed by atoms with Gasteiger partial charge in [-0.05, 0) is 27.8 Å². The minimum absolute atomic E-state index is 0.0814. The monoisotopic (exact) mass is 838 g/mol. The van der Waals surface area contributed by atoms with Crippen LogP contribution < -0.4 is 10.6 Å². The van der Waals surface area contributed by atoms with Crippen molar-refractivity contribution in [1.82, 2.24) is 40.4 Å². The Morgan fingerprint density at radius 1 is 0.645 bits per heavy atom. The number of nitrogens with one attached hydrogen (secondary N) is 4. The van der Waals surface area contributed by atoms with Crippen LogP contribution in [-0.4, -0.2) is 103 Å². The number of carbonyl (C=O) groups is 4. The van der Waals surface area contributed by atoms with Gasteiger partial charge in [-0.3, -0.25) is 9.59 Å². The van der Waals surface area contributed by atoms with E-state index in [2.05, 4.69) is 25.6 Å². The normalized spacial score (nSPS) is 19.4. The molecule has 2 aliphatic rings. The Hall–Kier alpha value is -7.30. The Kier molecular flexibility index (Phi) is 12.1. The summed E-state index contributed by atoms with van der Waals surface area (Å²) in [5.41, 5.74) is 6.26. The highest BCUT2D eigenvalue weighted by molar-refractivity contribution is 5.88. The van der Waals surface area contributed by atoms with Crippen LogP contribution in [0.5, 0.6) is 0 Å². The number of aromatic amines is 2. The van der Waals surface area contributed by atoms with E-state index in [1.54, 1.807) is 70.7 Å². The molecule has 16 nitrogen and oxygen atoms in total. The first-order valence-electron chi connectivity index (χ1n) is 20.2. The molecule has 2 aliphatic heterocycles. The minimum Gasteiger partial charge on any atom is -0.453 e. The van der Waals surface area contributed by atoms with Crippen LogP contribution >= 0.6 is 0 Å². The first-order valence-corrected chi connectivity index (χ1v) is 20.2. The van der Waals surface area contributed by atoms with Crippen LogP contribution in [0.25, 0.3) is 33.6 Å². The fraction of sp³-hybridized carbons (Fsp3) is 0.261. The number of methoxy groups -OCH3 is 2. The molecule has 0 aliphatic carbocycles. The van der Waals surface area contributed by atoms with E-state index >= 15 is 0 Å². The van der Waals surface area contributed by atoms with Crippen molar-refractivity contribution >= 4 is 24.0 Å². The summed E-state index contributed by atoms with van der Waals surface area (Å²) in [5, 5.41) is 26.6. The summed E-state index contributed by atoms with van der Waals surface area (Å²) in [4.78, 5) is 71.4. The molecule has 0 bridgehead atoms. The van der Waals surface area contributed by atoms with Crippen LogP contribution in [0, 0.1) is 0 Å². The molecule has 4 amide bonds. The molecule has 6 aromatic rings.